The lowest BCUT2D eigenvalue weighted by Crippen LogP contribution is -2.37. The van der Waals surface area contributed by atoms with Crippen molar-refractivity contribution in [3.8, 4) is 11.5 Å². The Morgan fingerprint density at radius 2 is 2.05 bits per heavy atom. The van der Waals surface area contributed by atoms with E-state index in [9.17, 15) is 4.79 Å². The summed E-state index contributed by atoms with van der Waals surface area (Å²) in [7, 11) is 0. The van der Waals surface area contributed by atoms with Crippen LogP contribution < -0.4 is 20.1 Å². The Morgan fingerprint density at radius 3 is 2.80 bits per heavy atom. The zero-order valence-electron chi connectivity index (χ0n) is 11.2. The molecule has 0 radical (unpaired) electrons. The molecule has 1 fully saturated rings. The number of rotatable bonds is 2. The maximum absolute atomic E-state index is 12.1. The van der Waals surface area contributed by atoms with Gasteiger partial charge in [-0.25, -0.2) is 0 Å². The lowest BCUT2D eigenvalue weighted by atomic mass is 9.99. The number of halogens is 1. The van der Waals surface area contributed by atoms with E-state index in [1.54, 1.807) is 0 Å². The quantitative estimate of drug-likeness (QED) is 0.874. The number of piperidine rings is 1. The van der Waals surface area contributed by atoms with Gasteiger partial charge in [-0.05, 0) is 31.5 Å². The molecule has 2 aliphatic heterocycles. The summed E-state index contributed by atoms with van der Waals surface area (Å²) in [5.41, 5.74) is 0.764. The van der Waals surface area contributed by atoms with Gasteiger partial charge < -0.3 is 20.1 Å². The summed E-state index contributed by atoms with van der Waals surface area (Å²) in [6.45, 7) is 2.90. The molecule has 1 aromatic carbocycles. The molecule has 3 rings (SSSR count). The minimum Gasteiger partial charge on any atom is -0.486 e. The molecule has 1 aromatic rings. The van der Waals surface area contributed by atoms with Crippen LogP contribution in [-0.2, 0) is 4.79 Å². The number of hydrogen-bond donors (Lipinski definition) is 2. The monoisotopic (exact) mass is 298 g/mol. The normalized spacial score (nSPS) is 20.7. The summed E-state index contributed by atoms with van der Waals surface area (Å²) in [6.07, 6.45) is 2.00. The number of carbonyl (C=O) groups is 1. The van der Waals surface area contributed by atoms with Crippen LogP contribution in [0.1, 0.15) is 12.8 Å². The Kier molecular flexibility index (Phi) is 5.09. The average Bonchev–Trinajstić information content (AvgIpc) is 2.48. The van der Waals surface area contributed by atoms with Crippen molar-refractivity contribution in [2.45, 2.75) is 12.8 Å². The molecule has 0 unspecified atom stereocenters. The first kappa shape index (κ1) is 14.9. The van der Waals surface area contributed by atoms with Crippen molar-refractivity contribution in [1.29, 1.82) is 0 Å². The summed E-state index contributed by atoms with van der Waals surface area (Å²) in [5, 5.41) is 6.19. The van der Waals surface area contributed by atoms with Crippen LogP contribution in [0.5, 0.6) is 11.5 Å². The number of amides is 1. The predicted molar refractivity (Wildman–Crippen MR) is 78.9 cm³/mol. The highest BCUT2D eigenvalue weighted by atomic mass is 35.5. The molecule has 6 heteroatoms. The summed E-state index contributed by atoms with van der Waals surface area (Å²) in [4.78, 5) is 12.1. The molecule has 0 aliphatic carbocycles. The highest BCUT2D eigenvalue weighted by molar-refractivity contribution is 5.93. The van der Waals surface area contributed by atoms with Gasteiger partial charge in [-0.2, -0.15) is 0 Å². The van der Waals surface area contributed by atoms with E-state index < -0.39 is 0 Å². The first-order valence-electron chi connectivity index (χ1n) is 6.74. The van der Waals surface area contributed by atoms with Crippen molar-refractivity contribution in [2.75, 3.05) is 31.6 Å². The number of carbonyl (C=O) groups excluding carboxylic acids is 1. The molecule has 0 aromatic heterocycles. The van der Waals surface area contributed by atoms with Crippen LogP contribution in [0.4, 0.5) is 5.69 Å². The van der Waals surface area contributed by atoms with E-state index in [1.165, 1.54) is 0 Å². The Bertz CT molecular complexity index is 475. The van der Waals surface area contributed by atoms with Crippen molar-refractivity contribution in [3.63, 3.8) is 0 Å². The first-order chi connectivity index (χ1) is 9.33. The summed E-state index contributed by atoms with van der Waals surface area (Å²) in [6, 6.07) is 5.51. The number of fused-ring (bicyclic) bond motifs is 1. The highest BCUT2D eigenvalue weighted by Crippen LogP contribution is 2.32. The van der Waals surface area contributed by atoms with Gasteiger partial charge in [0.15, 0.2) is 11.5 Å². The number of ether oxygens (including phenoxy) is 2. The zero-order chi connectivity index (χ0) is 13.1. The molecule has 0 spiro atoms. The second kappa shape index (κ2) is 6.81. The SMILES string of the molecule is Cl.O=C(Nc1ccc2c(c1)OCCO2)[C@@H]1CCCNC1. The molecule has 5 nitrogen and oxygen atoms in total. The van der Waals surface area contributed by atoms with Crippen LogP contribution in [0.2, 0.25) is 0 Å². The fourth-order valence-corrected chi connectivity index (χ4v) is 2.44. The topological polar surface area (TPSA) is 59.6 Å². The van der Waals surface area contributed by atoms with Crippen LogP contribution in [0.15, 0.2) is 18.2 Å². The summed E-state index contributed by atoms with van der Waals surface area (Å²) >= 11 is 0. The average molecular weight is 299 g/mol. The molecule has 0 saturated carbocycles. The van der Waals surface area contributed by atoms with Gasteiger partial charge in [0.25, 0.3) is 0 Å². The maximum Gasteiger partial charge on any atom is 0.228 e. The molecule has 2 aliphatic rings. The van der Waals surface area contributed by atoms with Gasteiger partial charge in [0.2, 0.25) is 5.91 Å². The van der Waals surface area contributed by atoms with Crippen LogP contribution in [0.3, 0.4) is 0 Å². The fraction of sp³-hybridized carbons (Fsp3) is 0.500. The van der Waals surface area contributed by atoms with E-state index in [0.717, 1.165) is 37.4 Å². The standard InChI is InChI=1S/C14H18N2O3.ClH/c17-14(10-2-1-5-15-9-10)16-11-3-4-12-13(8-11)19-7-6-18-12;/h3-4,8,10,15H,1-2,5-7,9H2,(H,16,17);1H/t10-;/m1./s1. The van der Waals surface area contributed by atoms with E-state index >= 15 is 0 Å². The van der Waals surface area contributed by atoms with Gasteiger partial charge in [0, 0.05) is 18.3 Å². The molecule has 1 amide bonds. The fourth-order valence-electron chi connectivity index (χ4n) is 2.44. The van der Waals surface area contributed by atoms with Gasteiger partial charge in [0.05, 0.1) is 5.92 Å². The third-order valence-electron chi connectivity index (χ3n) is 3.48. The summed E-state index contributed by atoms with van der Waals surface area (Å²) in [5.74, 6) is 1.57. The lowest BCUT2D eigenvalue weighted by Gasteiger charge is -2.23. The van der Waals surface area contributed by atoms with Crippen LogP contribution in [0.25, 0.3) is 0 Å². The number of hydrogen-bond acceptors (Lipinski definition) is 4. The van der Waals surface area contributed by atoms with E-state index in [1.807, 2.05) is 18.2 Å². The third kappa shape index (κ3) is 3.35. The molecule has 2 heterocycles. The number of benzene rings is 1. The van der Waals surface area contributed by atoms with Crippen LogP contribution in [0, 0.1) is 5.92 Å². The molecule has 0 bridgehead atoms. The predicted octanol–water partition coefficient (Wildman–Crippen LogP) is 1.82. The Labute approximate surface area is 124 Å². The van der Waals surface area contributed by atoms with Crippen molar-refractivity contribution in [3.05, 3.63) is 18.2 Å². The van der Waals surface area contributed by atoms with Crippen molar-refractivity contribution in [1.82, 2.24) is 5.32 Å². The third-order valence-corrected chi connectivity index (χ3v) is 3.48. The minimum atomic E-state index is 0. The Hall–Kier alpha value is -1.46. The van der Waals surface area contributed by atoms with Crippen molar-refractivity contribution < 1.29 is 14.3 Å². The van der Waals surface area contributed by atoms with Crippen LogP contribution in [-0.4, -0.2) is 32.2 Å². The molecule has 2 N–H and O–H groups in total. The maximum atomic E-state index is 12.1. The van der Waals surface area contributed by atoms with Gasteiger partial charge in [0.1, 0.15) is 13.2 Å². The molecular weight excluding hydrogens is 280 g/mol. The summed E-state index contributed by atoms with van der Waals surface area (Å²) < 4.78 is 11.0. The second-order valence-corrected chi connectivity index (χ2v) is 4.89. The smallest absolute Gasteiger partial charge is 0.228 e. The van der Waals surface area contributed by atoms with Gasteiger partial charge >= 0.3 is 0 Å². The van der Waals surface area contributed by atoms with E-state index in [-0.39, 0.29) is 24.2 Å². The number of anilines is 1. The minimum absolute atomic E-state index is 0. The zero-order valence-corrected chi connectivity index (χ0v) is 12.0. The first-order valence-corrected chi connectivity index (χ1v) is 6.74. The molecule has 1 atom stereocenters. The Morgan fingerprint density at radius 1 is 1.25 bits per heavy atom. The highest BCUT2D eigenvalue weighted by Gasteiger charge is 2.21. The van der Waals surface area contributed by atoms with Crippen LogP contribution >= 0.6 is 12.4 Å². The lowest BCUT2D eigenvalue weighted by molar-refractivity contribution is -0.120. The van der Waals surface area contributed by atoms with E-state index in [4.69, 9.17) is 9.47 Å². The van der Waals surface area contributed by atoms with E-state index in [2.05, 4.69) is 10.6 Å². The van der Waals surface area contributed by atoms with Crippen molar-refractivity contribution in [2.24, 2.45) is 5.92 Å². The Balaban J connectivity index is 0.00000147. The molecular formula is C14H19ClN2O3. The van der Waals surface area contributed by atoms with E-state index in [0.29, 0.717) is 19.0 Å². The van der Waals surface area contributed by atoms with Gasteiger partial charge in [-0.1, -0.05) is 0 Å². The molecule has 1 saturated heterocycles. The van der Waals surface area contributed by atoms with Crippen molar-refractivity contribution >= 4 is 24.0 Å². The molecule has 20 heavy (non-hydrogen) atoms. The molecule has 110 valence electrons. The second-order valence-electron chi connectivity index (χ2n) is 4.89. The van der Waals surface area contributed by atoms with Gasteiger partial charge in [-0.15, -0.1) is 12.4 Å². The number of nitrogens with one attached hydrogen (secondary N) is 2. The van der Waals surface area contributed by atoms with Gasteiger partial charge in [-0.3, -0.25) is 4.79 Å². The largest absolute Gasteiger partial charge is 0.486 e.